The first-order valence-corrected chi connectivity index (χ1v) is 15.5. The van der Waals surface area contributed by atoms with Crippen LogP contribution in [0.5, 0.6) is 0 Å². The number of nitrogens with zero attached hydrogens (tertiary/aromatic N) is 6. The second kappa shape index (κ2) is 13.5. The molecule has 47 heavy (non-hydrogen) atoms. The number of carbonyl (C=O) groups excluding carboxylic acids is 3. The minimum absolute atomic E-state index is 0.106. The number of urea groups is 1. The molecule has 2 aliphatic rings. The van der Waals surface area contributed by atoms with E-state index in [9.17, 15) is 24.0 Å². The van der Waals surface area contributed by atoms with Crippen LogP contribution in [0.4, 0.5) is 14.9 Å². The number of rotatable bonds is 9. The van der Waals surface area contributed by atoms with Gasteiger partial charge in [0.15, 0.2) is 0 Å². The lowest BCUT2D eigenvalue weighted by Gasteiger charge is -2.46. The first-order valence-electron chi connectivity index (χ1n) is 15.5. The molecule has 2 fully saturated rings. The Morgan fingerprint density at radius 1 is 0.957 bits per heavy atom. The highest BCUT2D eigenvalue weighted by molar-refractivity contribution is 5.92. The van der Waals surface area contributed by atoms with Gasteiger partial charge < -0.3 is 20.0 Å². The molecule has 2 heterocycles. The summed E-state index contributed by atoms with van der Waals surface area (Å²) in [5.41, 5.74) is 3.57. The molecule has 4 amide bonds. The van der Waals surface area contributed by atoms with Crippen LogP contribution in [0.3, 0.4) is 0 Å². The van der Waals surface area contributed by atoms with Gasteiger partial charge in [0, 0.05) is 39.3 Å². The molecular weight excluding hydrogens is 597 g/mol. The van der Waals surface area contributed by atoms with Gasteiger partial charge in [-0.15, -0.1) is 0 Å². The minimum Gasteiger partial charge on any atom is -0.378 e. The van der Waals surface area contributed by atoms with Gasteiger partial charge in [0.05, 0.1) is 19.2 Å². The molecule has 0 bridgehead atoms. The summed E-state index contributed by atoms with van der Waals surface area (Å²) in [7, 11) is 3.91. The second-order valence-electron chi connectivity index (χ2n) is 12.0. The first-order chi connectivity index (χ1) is 22.7. The molecule has 2 atom stereocenters. The van der Waals surface area contributed by atoms with E-state index in [1.165, 1.54) is 17.1 Å². The van der Waals surface area contributed by atoms with Crippen molar-refractivity contribution in [2.75, 3.05) is 38.6 Å². The summed E-state index contributed by atoms with van der Waals surface area (Å²) >= 11 is 0. The number of benzene rings is 4. The van der Waals surface area contributed by atoms with E-state index >= 15 is 0 Å². The van der Waals surface area contributed by atoms with Gasteiger partial charge in [-0.25, -0.2) is 14.2 Å². The van der Waals surface area contributed by atoms with Crippen molar-refractivity contribution < 1.29 is 18.8 Å². The summed E-state index contributed by atoms with van der Waals surface area (Å²) in [5, 5.41) is 17.4. The van der Waals surface area contributed by atoms with Gasteiger partial charge in [-0.1, -0.05) is 66.7 Å². The highest BCUT2D eigenvalue weighted by Gasteiger charge is 2.52. The lowest BCUT2D eigenvalue weighted by molar-refractivity contribution is -0.157. The molecule has 0 aliphatic carbocycles. The molecule has 2 aliphatic heterocycles. The quantitative estimate of drug-likeness (QED) is 0.278. The summed E-state index contributed by atoms with van der Waals surface area (Å²) < 4.78 is 13.4. The molecule has 11 heteroatoms. The van der Waals surface area contributed by atoms with Crippen LogP contribution < -0.4 is 10.2 Å². The number of halogens is 1. The average Bonchev–Trinajstić information content (AvgIpc) is 3.40. The predicted molar refractivity (Wildman–Crippen MR) is 176 cm³/mol. The van der Waals surface area contributed by atoms with Crippen LogP contribution in [0.1, 0.15) is 16.7 Å². The van der Waals surface area contributed by atoms with Gasteiger partial charge in [0.25, 0.3) is 0 Å². The fourth-order valence-corrected chi connectivity index (χ4v) is 6.40. The number of nitriles is 1. The maximum atomic E-state index is 14.3. The number of carbonyl (C=O) groups is 3. The zero-order valence-corrected chi connectivity index (χ0v) is 26.3. The Bertz CT molecular complexity index is 1820. The molecule has 0 spiro atoms. The smallest absolute Gasteiger partial charge is 0.333 e. The van der Waals surface area contributed by atoms with Crippen molar-refractivity contribution in [3.05, 3.63) is 114 Å². The summed E-state index contributed by atoms with van der Waals surface area (Å²) in [6.07, 6.45) is -0.380. The molecule has 2 saturated heterocycles. The lowest BCUT2D eigenvalue weighted by atomic mass is 9.98. The topological polar surface area (TPSA) is 103 Å². The molecule has 1 N–H and O–H groups in total. The van der Waals surface area contributed by atoms with E-state index in [0.717, 1.165) is 27.6 Å². The zero-order chi connectivity index (χ0) is 33.1. The van der Waals surface area contributed by atoms with E-state index in [1.807, 2.05) is 91.8 Å². The standard InChI is InChI=1S/C36H36FN7O3/c1-40(2)30-16-12-25(13-17-30)20-32-35(46)41(22-28-8-5-7-27-6-3-4-9-31(27)28)23-33-43(24-34(45)44(32)33)42(19-18-38)36(47)39-21-26-10-14-29(37)15-11-26/h3-17,32-33H,19-24H2,1-2H3,(H,39,47)/t32-,33+/m0/s1. The van der Waals surface area contributed by atoms with E-state index in [4.69, 9.17) is 0 Å². The minimum atomic E-state index is -0.808. The third-order valence-corrected chi connectivity index (χ3v) is 8.81. The van der Waals surface area contributed by atoms with Crippen LogP contribution in [-0.4, -0.2) is 83.6 Å². The number of piperazine rings is 1. The van der Waals surface area contributed by atoms with Gasteiger partial charge >= 0.3 is 6.03 Å². The lowest BCUT2D eigenvalue weighted by Crippen LogP contribution is -2.66. The number of fused-ring (bicyclic) bond motifs is 2. The fraction of sp³-hybridized carbons (Fsp3) is 0.278. The van der Waals surface area contributed by atoms with Gasteiger partial charge in [0.2, 0.25) is 11.8 Å². The van der Waals surface area contributed by atoms with Crippen molar-refractivity contribution in [2.24, 2.45) is 0 Å². The van der Waals surface area contributed by atoms with Crippen molar-refractivity contribution in [3.8, 4) is 6.07 Å². The molecule has 0 aromatic heterocycles. The summed E-state index contributed by atoms with van der Waals surface area (Å²) in [5.74, 6) is -0.851. The van der Waals surface area contributed by atoms with Crippen LogP contribution in [0.2, 0.25) is 0 Å². The summed E-state index contributed by atoms with van der Waals surface area (Å²) in [6, 6.07) is 28.3. The van der Waals surface area contributed by atoms with Crippen LogP contribution in [-0.2, 0) is 29.1 Å². The van der Waals surface area contributed by atoms with Gasteiger partial charge in [-0.2, -0.15) is 10.3 Å². The number of hydrogen-bond donors (Lipinski definition) is 1. The van der Waals surface area contributed by atoms with Gasteiger partial charge in [0.1, 0.15) is 24.6 Å². The van der Waals surface area contributed by atoms with E-state index in [2.05, 4.69) is 5.32 Å². The third kappa shape index (κ3) is 6.59. The number of nitrogens with one attached hydrogen (secondary N) is 1. The Hall–Kier alpha value is -5.47. The molecule has 240 valence electrons. The Kier molecular flexibility index (Phi) is 9.04. The molecule has 4 aromatic carbocycles. The largest absolute Gasteiger partial charge is 0.378 e. The fourth-order valence-electron chi connectivity index (χ4n) is 6.40. The molecule has 4 aromatic rings. The highest BCUT2D eigenvalue weighted by atomic mass is 19.1. The van der Waals surface area contributed by atoms with E-state index < -0.39 is 18.2 Å². The Labute approximate surface area is 273 Å². The highest BCUT2D eigenvalue weighted by Crippen LogP contribution is 2.31. The van der Waals surface area contributed by atoms with Crippen molar-refractivity contribution in [2.45, 2.75) is 31.7 Å². The maximum absolute atomic E-state index is 14.3. The van der Waals surface area contributed by atoms with Gasteiger partial charge in [-0.05, 0) is 51.7 Å². The van der Waals surface area contributed by atoms with Crippen molar-refractivity contribution in [1.29, 1.82) is 5.26 Å². The van der Waals surface area contributed by atoms with E-state index in [1.54, 1.807) is 26.9 Å². The Morgan fingerprint density at radius 2 is 1.66 bits per heavy atom. The molecule has 6 rings (SSSR count). The van der Waals surface area contributed by atoms with Crippen LogP contribution >= 0.6 is 0 Å². The van der Waals surface area contributed by atoms with Crippen LogP contribution in [0.25, 0.3) is 10.8 Å². The Balaban J connectivity index is 1.31. The summed E-state index contributed by atoms with van der Waals surface area (Å²) in [6.45, 7) is 0.103. The van der Waals surface area contributed by atoms with Crippen molar-refractivity contribution in [3.63, 3.8) is 0 Å². The Morgan fingerprint density at radius 3 is 2.38 bits per heavy atom. The number of hydrogen-bond acceptors (Lipinski definition) is 6. The zero-order valence-electron chi connectivity index (χ0n) is 26.3. The predicted octanol–water partition coefficient (Wildman–Crippen LogP) is 4.12. The van der Waals surface area contributed by atoms with Crippen LogP contribution in [0.15, 0.2) is 91.0 Å². The first kappa shape index (κ1) is 31.5. The summed E-state index contributed by atoms with van der Waals surface area (Å²) in [4.78, 5) is 46.9. The number of hydrazine groups is 1. The van der Waals surface area contributed by atoms with Gasteiger partial charge in [-0.3, -0.25) is 9.59 Å². The SMILES string of the molecule is CN(C)c1ccc(C[C@H]2C(=O)N(Cc3cccc4ccccc34)C[C@H]3N2C(=O)CN3N(CC#N)C(=O)NCc2ccc(F)cc2)cc1. The third-order valence-electron chi connectivity index (χ3n) is 8.81. The molecule has 10 nitrogen and oxygen atoms in total. The van der Waals surface area contributed by atoms with E-state index in [0.29, 0.717) is 18.5 Å². The van der Waals surface area contributed by atoms with Crippen molar-refractivity contribution >= 4 is 34.3 Å². The average molecular weight is 634 g/mol. The molecule has 0 saturated carbocycles. The molecule has 0 radical (unpaired) electrons. The monoisotopic (exact) mass is 633 g/mol. The number of amides is 4. The molecular formula is C36H36FN7O3. The van der Waals surface area contributed by atoms with E-state index in [-0.39, 0.29) is 43.8 Å². The van der Waals surface area contributed by atoms with Crippen molar-refractivity contribution in [1.82, 2.24) is 25.1 Å². The van der Waals surface area contributed by atoms with Crippen LogP contribution in [0, 0.1) is 17.1 Å². The normalized spacial score (nSPS) is 17.8. The number of anilines is 1. The molecule has 0 unspecified atom stereocenters. The second-order valence-corrected chi connectivity index (χ2v) is 12.0. The maximum Gasteiger partial charge on any atom is 0.333 e.